The van der Waals surface area contributed by atoms with E-state index in [1.807, 2.05) is 17.1 Å². The van der Waals surface area contributed by atoms with Gasteiger partial charge in [0.1, 0.15) is 0 Å². The summed E-state index contributed by atoms with van der Waals surface area (Å²) in [5, 5.41) is 4.42. The first-order valence-electron chi connectivity index (χ1n) is 8.28. The third-order valence-corrected chi connectivity index (χ3v) is 4.77. The Bertz CT molecular complexity index is 427. The highest BCUT2D eigenvalue weighted by Gasteiger charge is 2.19. The van der Waals surface area contributed by atoms with E-state index in [4.69, 9.17) is 15.2 Å². The van der Waals surface area contributed by atoms with Crippen LogP contribution in [0.25, 0.3) is 0 Å². The van der Waals surface area contributed by atoms with Crippen molar-refractivity contribution in [2.24, 2.45) is 17.6 Å². The van der Waals surface area contributed by atoms with Crippen molar-refractivity contribution in [3.05, 3.63) is 12.4 Å². The summed E-state index contributed by atoms with van der Waals surface area (Å²) in [4.78, 5) is 0. The van der Waals surface area contributed by atoms with Crippen LogP contribution in [0.5, 0.6) is 5.75 Å². The van der Waals surface area contributed by atoms with Crippen LogP contribution in [-0.4, -0.2) is 35.6 Å². The minimum Gasteiger partial charge on any atom is -0.490 e. The number of rotatable bonds is 5. The molecule has 3 rings (SSSR count). The summed E-state index contributed by atoms with van der Waals surface area (Å²) >= 11 is 0. The lowest BCUT2D eigenvalue weighted by Gasteiger charge is -2.25. The van der Waals surface area contributed by atoms with Crippen molar-refractivity contribution < 1.29 is 9.47 Å². The summed E-state index contributed by atoms with van der Waals surface area (Å²) in [6.07, 6.45) is 10.8. The van der Waals surface area contributed by atoms with Crippen LogP contribution >= 0.6 is 12.4 Å². The predicted octanol–water partition coefficient (Wildman–Crippen LogP) is 2.63. The summed E-state index contributed by atoms with van der Waals surface area (Å²) in [6, 6.07) is 0.406. The number of nitrogens with two attached hydrogens (primary N) is 1. The molecule has 22 heavy (non-hydrogen) atoms. The van der Waals surface area contributed by atoms with E-state index >= 15 is 0 Å². The van der Waals surface area contributed by atoms with Gasteiger partial charge in [0.2, 0.25) is 0 Å². The second-order valence-electron chi connectivity index (χ2n) is 6.55. The molecule has 0 unspecified atom stereocenters. The van der Waals surface area contributed by atoms with Gasteiger partial charge in [-0.1, -0.05) is 0 Å². The van der Waals surface area contributed by atoms with Crippen molar-refractivity contribution in [2.75, 3.05) is 19.8 Å². The van der Waals surface area contributed by atoms with Gasteiger partial charge in [0.25, 0.3) is 0 Å². The lowest BCUT2D eigenvalue weighted by atomic mass is 9.87. The maximum Gasteiger partial charge on any atom is 0.157 e. The molecule has 2 fully saturated rings. The Hall–Kier alpha value is -0.780. The van der Waals surface area contributed by atoms with E-state index in [9.17, 15) is 0 Å². The molecule has 0 spiro atoms. The zero-order valence-electron chi connectivity index (χ0n) is 13.2. The monoisotopic (exact) mass is 329 g/mol. The Morgan fingerprint density at radius 3 is 2.59 bits per heavy atom. The number of hydrogen-bond donors (Lipinski definition) is 1. The number of nitrogens with zero attached hydrogens (tertiary/aromatic N) is 2. The van der Waals surface area contributed by atoms with Crippen molar-refractivity contribution >= 4 is 12.4 Å². The molecule has 1 aromatic rings. The smallest absolute Gasteiger partial charge is 0.157 e. The molecule has 1 aliphatic carbocycles. The van der Waals surface area contributed by atoms with Crippen LogP contribution in [0.1, 0.15) is 38.5 Å². The Balaban J connectivity index is 0.00000176. The third-order valence-electron chi connectivity index (χ3n) is 4.77. The fraction of sp³-hybridized carbons (Fsp3) is 0.812. The molecule has 0 amide bonds. The highest BCUT2D eigenvalue weighted by molar-refractivity contribution is 5.85. The summed E-state index contributed by atoms with van der Waals surface area (Å²) < 4.78 is 13.3. The minimum atomic E-state index is 0. The summed E-state index contributed by atoms with van der Waals surface area (Å²) in [5.74, 6) is 2.24. The van der Waals surface area contributed by atoms with Gasteiger partial charge in [0.05, 0.1) is 19.0 Å². The van der Waals surface area contributed by atoms with Crippen LogP contribution in [0.3, 0.4) is 0 Å². The van der Waals surface area contributed by atoms with E-state index in [1.165, 1.54) is 12.8 Å². The SMILES string of the molecule is Cl.NC1CCC(COc2cnn(CC3CCOCC3)c2)CC1. The Morgan fingerprint density at radius 1 is 1.14 bits per heavy atom. The van der Waals surface area contributed by atoms with E-state index in [0.29, 0.717) is 17.9 Å². The molecule has 1 saturated carbocycles. The Labute approximate surface area is 138 Å². The number of halogens is 1. The molecule has 2 aliphatic rings. The number of ether oxygens (including phenoxy) is 2. The Morgan fingerprint density at radius 2 is 1.86 bits per heavy atom. The number of aromatic nitrogens is 2. The van der Waals surface area contributed by atoms with Crippen molar-refractivity contribution in [2.45, 2.75) is 51.1 Å². The zero-order chi connectivity index (χ0) is 14.5. The highest BCUT2D eigenvalue weighted by atomic mass is 35.5. The first-order chi connectivity index (χ1) is 10.3. The first-order valence-corrected chi connectivity index (χ1v) is 8.28. The average molecular weight is 330 g/mol. The van der Waals surface area contributed by atoms with Gasteiger partial charge in [-0.25, -0.2) is 0 Å². The quantitative estimate of drug-likeness (QED) is 0.902. The predicted molar refractivity (Wildman–Crippen MR) is 88.4 cm³/mol. The minimum absolute atomic E-state index is 0. The number of hydrogen-bond acceptors (Lipinski definition) is 4. The Kier molecular flexibility index (Phi) is 6.99. The van der Waals surface area contributed by atoms with Crippen LogP contribution in [0.15, 0.2) is 12.4 Å². The molecule has 126 valence electrons. The second-order valence-corrected chi connectivity index (χ2v) is 6.55. The molecule has 1 aliphatic heterocycles. The van der Waals surface area contributed by atoms with Crippen LogP contribution in [-0.2, 0) is 11.3 Å². The van der Waals surface area contributed by atoms with Crippen LogP contribution < -0.4 is 10.5 Å². The van der Waals surface area contributed by atoms with Crippen LogP contribution in [0, 0.1) is 11.8 Å². The van der Waals surface area contributed by atoms with Gasteiger partial charge in [-0.15, -0.1) is 12.4 Å². The van der Waals surface area contributed by atoms with Gasteiger partial charge in [0.15, 0.2) is 5.75 Å². The molecule has 0 aromatic carbocycles. The second kappa shape index (κ2) is 8.75. The van der Waals surface area contributed by atoms with Gasteiger partial charge in [-0.05, 0) is 50.4 Å². The molecular weight excluding hydrogens is 302 g/mol. The van der Waals surface area contributed by atoms with Gasteiger partial charge >= 0.3 is 0 Å². The van der Waals surface area contributed by atoms with E-state index in [1.54, 1.807) is 0 Å². The lowest BCUT2D eigenvalue weighted by molar-refractivity contribution is 0.0601. The molecule has 0 radical (unpaired) electrons. The molecule has 2 N–H and O–H groups in total. The van der Waals surface area contributed by atoms with Crippen molar-refractivity contribution in [1.29, 1.82) is 0 Å². The van der Waals surface area contributed by atoms with Crippen molar-refractivity contribution in [3.63, 3.8) is 0 Å². The maximum absolute atomic E-state index is 5.93. The van der Waals surface area contributed by atoms with Gasteiger partial charge < -0.3 is 15.2 Å². The topological polar surface area (TPSA) is 62.3 Å². The normalized spacial score (nSPS) is 26.4. The summed E-state index contributed by atoms with van der Waals surface area (Å²) in [7, 11) is 0. The molecule has 0 bridgehead atoms. The average Bonchev–Trinajstić information content (AvgIpc) is 2.95. The fourth-order valence-electron chi connectivity index (χ4n) is 3.28. The van der Waals surface area contributed by atoms with E-state index in [2.05, 4.69) is 5.10 Å². The summed E-state index contributed by atoms with van der Waals surface area (Å²) in [5.41, 5.74) is 5.93. The van der Waals surface area contributed by atoms with Gasteiger partial charge in [-0.3, -0.25) is 4.68 Å². The molecule has 2 heterocycles. The molecule has 6 heteroatoms. The largest absolute Gasteiger partial charge is 0.490 e. The first kappa shape index (κ1) is 17.6. The highest BCUT2D eigenvalue weighted by Crippen LogP contribution is 2.24. The van der Waals surface area contributed by atoms with Gasteiger partial charge in [0, 0.05) is 25.8 Å². The lowest BCUT2D eigenvalue weighted by Crippen LogP contribution is -2.28. The van der Waals surface area contributed by atoms with Crippen LogP contribution in [0.4, 0.5) is 0 Å². The summed E-state index contributed by atoms with van der Waals surface area (Å²) in [6.45, 7) is 3.55. The molecular formula is C16H28ClN3O2. The van der Waals surface area contributed by atoms with Gasteiger partial charge in [-0.2, -0.15) is 5.10 Å². The van der Waals surface area contributed by atoms with Crippen molar-refractivity contribution in [3.8, 4) is 5.75 Å². The van der Waals surface area contributed by atoms with E-state index < -0.39 is 0 Å². The van der Waals surface area contributed by atoms with E-state index in [-0.39, 0.29) is 12.4 Å². The maximum atomic E-state index is 5.93. The van der Waals surface area contributed by atoms with Crippen LogP contribution in [0.2, 0.25) is 0 Å². The molecule has 1 aromatic heterocycles. The standard InChI is InChI=1S/C16H27N3O2.ClH/c17-15-3-1-14(2-4-15)12-21-16-9-18-19(11-16)10-13-5-7-20-8-6-13;/h9,11,13-15H,1-8,10,12,17H2;1H. The molecule has 5 nitrogen and oxygen atoms in total. The fourth-order valence-corrected chi connectivity index (χ4v) is 3.28. The third kappa shape index (κ3) is 5.14. The van der Waals surface area contributed by atoms with Crippen molar-refractivity contribution in [1.82, 2.24) is 9.78 Å². The molecule has 1 saturated heterocycles. The molecule has 0 atom stereocenters. The zero-order valence-corrected chi connectivity index (χ0v) is 14.0. The van der Waals surface area contributed by atoms with E-state index in [0.717, 1.165) is 57.8 Å².